The van der Waals surface area contributed by atoms with Gasteiger partial charge in [-0.25, -0.2) is 17.7 Å². The van der Waals surface area contributed by atoms with Gasteiger partial charge in [0.15, 0.2) is 5.13 Å². The van der Waals surface area contributed by atoms with Crippen LogP contribution >= 0.6 is 11.3 Å². The zero-order valence-corrected chi connectivity index (χ0v) is 16.5. The van der Waals surface area contributed by atoms with Gasteiger partial charge in [0.05, 0.1) is 11.4 Å². The first-order valence-corrected chi connectivity index (χ1v) is 10.8. The van der Waals surface area contributed by atoms with Crippen LogP contribution in [0, 0.1) is 0 Å². The van der Waals surface area contributed by atoms with Crippen molar-refractivity contribution in [2.75, 3.05) is 24.0 Å². The first kappa shape index (κ1) is 19.8. The number of thiazole rings is 1. The van der Waals surface area contributed by atoms with E-state index in [1.165, 1.54) is 18.3 Å². The second-order valence-electron chi connectivity index (χ2n) is 5.65. The predicted molar refractivity (Wildman–Crippen MR) is 108 cm³/mol. The Kier molecular flexibility index (Phi) is 6.62. The molecule has 1 amide bonds. The van der Waals surface area contributed by atoms with E-state index in [4.69, 9.17) is 4.74 Å². The fourth-order valence-electron chi connectivity index (χ4n) is 2.38. The molecule has 2 aromatic carbocycles. The van der Waals surface area contributed by atoms with Crippen LogP contribution in [0.3, 0.4) is 0 Å². The second-order valence-corrected chi connectivity index (χ2v) is 8.39. The van der Waals surface area contributed by atoms with E-state index in [0.717, 1.165) is 15.6 Å². The van der Waals surface area contributed by atoms with Gasteiger partial charge >= 0.3 is 0 Å². The Balaban J connectivity index is 1.63. The van der Waals surface area contributed by atoms with Gasteiger partial charge in [-0.15, -0.1) is 11.3 Å². The molecule has 1 N–H and O–H groups in total. The molecule has 0 saturated heterocycles. The molecule has 0 unspecified atom stereocenters. The third-order valence-electron chi connectivity index (χ3n) is 3.69. The third-order valence-corrected chi connectivity index (χ3v) is 6.35. The Bertz CT molecular complexity index is 979. The largest absolute Gasteiger partial charge is 0.492 e. The van der Waals surface area contributed by atoms with Gasteiger partial charge in [0.1, 0.15) is 18.9 Å². The van der Waals surface area contributed by atoms with Crippen LogP contribution in [0.25, 0.3) is 0 Å². The van der Waals surface area contributed by atoms with Crippen molar-refractivity contribution in [1.82, 2.24) is 10.3 Å². The highest BCUT2D eigenvalue weighted by atomic mass is 32.2. The van der Waals surface area contributed by atoms with E-state index in [0.29, 0.717) is 5.75 Å². The fraction of sp³-hybridized carbons (Fsp3) is 0.158. The van der Waals surface area contributed by atoms with Crippen molar-refractivity contribution < 1.29 is 17.9 Å². The molecule has 0 radical (unpaired) electrons. The molecule has 0 aliphatic carbocycles. The number of nitrogens with zero attached hydrogens (tertiary/aromatic N) is 2. The summed E-state index contributed by atoms with van der Waals surface area (Å²) in [6, 6.07) is 17.2. The zero-order valence-electron chi connectivity index (χ0n) is 14.9. The van der Waals surface area contributed by atoms with Gasteiger partial charge in [-0.3, -0.25) is 4.79 Å². The van der Waals surface area contributed by atoms with Crippen LogP contribution < -0.4 is 14.4 Å². The number of ether oxygens (including phenoxy) is 1. The molecule has 0 bridgehead atoms. The third kappa shape index (κ3) is 5.08. The molecule has 0 aliphatic rings. The van der Waals surface area contributed by atoms with Gasteiger partial charge in [0.2, 0.25) is 5.91 Å². The summed E-state index contributed by atoms with van der Waals surface area (Å²) >= 11 is 1.15. The SMILES string of the molecule is O=C(CN(c1nccs1)S(=O)(=O)c1ccccc1)NCCOc1ccccc1. The normalized spacial score (nSPS) is 11.0. The van der Waals surface area contributed by atoms with Crippen molar-refractivity contribution in [2.24, 2.45) is 0 Å². The Morgan fingerprint density at radius 3 is 2.39 bits per heavy atom. The van der Waals surface area contributed by atoms with Gasteiger partial charge in [-0.1, -0.05) is 36.4 Å². The van der Waals surface area contributed by atoms with E-state index >= 15 is 0 Å². The molecule has 3 rings (SSSR count). The highest BCUT2D eigenvalue weighted by Gasteiger charge is 2.28. The van der Waals surface area contributed by atoms with Crippen molar-refractivity contribution >= 4 is 32.4 Å². The molecule has 9 heteroatoms. The summed E-state index contributed by atoms with van der Waals surface area (Å²) < 4.78 is 32.5. The second kappa shape index (κ2) is 9.34. The molecule has 0 fully saturated rings. The number of benzene rings is 2. The lowest BCUT2D eigenvalue weighted by molar-refractivity contribution is -0.119. The topological polar surface area (TPSA) is 88.6 Å². The Morgan fingerprint density at radius 1 is 1.07 bits per heavy atom. The van der Waals surface area contributed by atoms with Crippen molar-refractivity contribution in [3.63, 3.8) is 0 Å². The molecule has 7 nitrogen and oxygen atoms in total. The number of carbonyl (C=O) groups is 1. The van der Waals surface area contributed by atoms with E-state index in [2.05, 4.69) is 10.3 Å². The molecule has 1 heterocycles. The molecule has 28 heavy (non-hydrogen) atoms. The first-order valence-electron chi connectivity index (χ1n) is 8.49. The number of rotatable bonds is 9. The van der Waals surface area contributed by atoms with E-state index in [9.17, 15) is 13.2 Å². The minimum absolute atomic E-state index is 0.102. The highest BCUT2D eigenvalue weighted by Crippen LogP contribution is 2.25. The molecule has 1 aromatic heterocycles. The van der Waals surface area contributed by atoms with Gasteiger partial charge < -0.3 is 10.1 Å². The van der Waals surface area contributed by atoms with E-state index in [1.54, 1.807) is 23.6 Å². The summed E-state index contributed by atoms with van der Waals surface area (Å²) in [5.41, 5.74) is 0. The lowest BCUT2D eigenvalue weighted by Crippen LogP contribution is -2.41. The van der Waals surface area contributed by atoms with Crippen LogP contribution in [0.2, 0.25) is 0 Å². The maximum absolute atomic E-state index is 13.0. The summed E-state index contributed by atoms with van der Waals surface area (Å²) in [6.45, 7) is 0.166. The molecule has 0 saturated carbocycles. The number of anilines is 1. The minimum Gasteiger partial charge on any atom is -0.492 e. The number of hydrogen-bond acceptors (Lipinski definition) is 6. The van der Waals surface area contributed by atoms with E-state index < -0.39 is 15.9 Å². The van der Waals surface area contributed by atoms with Crippen LogP contribution in [-0.2, 0) is 14.8 Å². The molecule has 146 valence electrons. The van der Waals surface area contributed by atoms with Gasteiger partial charge in [0.25, 0.3) is 10.0 Å². The summed E-state index contributed by atoms with van der Waals surface area (Å²) in [6.07, 6.45) is 1.50. The van der Waals surface area contributed by atoms with Crippen molar-refractivity contribution in [2.45, 2.75) is 4.90 Å². The Hall–Kier alpha value is -2.91. The lowest BCUT2D eigenvalue weighted by atomic mass is 10.3. The lowest BCUT2D eigenvalue weighted by Gasteiger charge is -2.21. The number of sulfonamides is 1. The van der Waals surface area contributed by atoms with Crippen LogP contribution in [-0.4, -0.2) is 39.0 Å². The predicted octanol–water partition coefficient (Wildman–Crippen LogP) is 2.53. The summed E-state index contributed by atoms with van der Waals surface area (Å²) in [5, 5.41) is 4.57. The molecular weight excluding hydrogens is 398 g/mol. The molecule has 0 spiro atoms. The molecule has 0 aliphatic heterocycles. The van der Waals surface area contributed by atoms with Crippen molar-refractivity contribution in [3.8, 4) is 5.75 Å². The van der Waals surface area contributed by atoms with E-state index in [-0.39, 0.29) is 29.7 Å². The average molecular weight is 418 g/mol. The standard InChI is InChI=1S/C19H19N3O4S2/c23-18(20-11-13-26-16-7-3-1-4-8-16)15-22(19-21-12-14-27-19)28(24,25)17-9-5-2-6-10-17/h1-10,12,14H,11,13,15H2,(H,20,23). The number of para-hydroxylation sites is 1. The Morgan fingerprint density at radius 2 is 1.75 bits per heavy atom. The van der Waals surface area contributed by atoms with E-state index in [1.807, 2.05) is 30.3 Å². The maximum atomic E-state index is 13.0. The Labute approximate surface area is 167 Å². The number of hydrogen-bond donors (Lipinski definition) is 1. The number of carbonyl (C=O) groups excluding carboxylic acids is 1. The van der Waals surface area contributed by atoms with Crippen LogP contribution in [0.15, 0.2) is 77.1 Å². The average Bonchev–Trinajstić information content (AvgIpc) is 3.25. The molecular formula is C19H19N3O4S2. The fourth-order valence-corrected chi connectivity index (χ4v) is 4.64. The molecule has 0 atom stereocenters. The number of aromatic nitrogens is 1. The molecule has 3 aromatic rings. The van der Waals surface area contributed by atoms with Gasteiger partial charge in [0, 0.05) is 11.6 Å². The zero-order chi connectivity index (χ0) is 19.8. The monoisotopic (exact) mass is 417 g/mol. The number of amides is 1. The van der Waals surface area contributed by atoms with Crippen LogP contribution in [0.1, 0.15) is 0 Å². The first-order chi connectivity index (χ1) is 13.6. The summed E-state index contributed by atoms with van der Waals surface area (Å²) in [5.74, 6) is 0.263. The van der Waals surface area contributed by atoms with Crippen LogP contribution in [0.4, 0.5) is 5.13 Å². The maximum Gasteiger partial charge on any atom is 0.266 e. The van der Waals surface area contributed by atoms with Crippen molar-refractivity contribution in [3.05, 3.63) is 72.2 Å². The smallest absolute Gasteiger partial charge is 0.266 e. The quantitative estimate of drug-likeness (QED) is 0.541. The number of nitrogens with one attached hydrogen (secondary N) is 1. The van der Waals surface area contributed by atoms with Crippen LogP contribution in [0.5, 0.6) is 5.75 Å². The highest BCUT2D eigenvalue weighted by molar-refractivity contribution is 7.93. The minimum atomic E-state index is -3.90. The van der Waals surface area contributed by atoms with Gasteiger partial charge in [-0.05, 0) is 24.3 Å². The van der Waals surface area contributed by atoms with Crippen molar-refractivity contribution in [1.29, 1.82) is 0 Å². The van der Waals surface area contributed by atoms with Gasteiger partial charge in [-0.2, -0.15) is 0 Å². The summed E-state index contributed by atoms with van der Waals surface area (Å²) in [7, 11) is -3.90. The summed E-state index contributed by atoms with van der Waals surface area (Å²) in [4.78, 5) is 16.5.